The first kappa shape index (κ1) is 58.0. The molecule has 406 valence electrons. The summed E-state index contributed by atoms with van der Waals surface area (Å²) in [5.41, 5.74) is -3.40. The van der Waals surface area contributed by atoms with Gasteiger partial charge < -0.3 is 62.1 Å². The Bertz CT molecular complexity index is 2180. The number of esters is 3. The number of fused-ring (bicyclic) bond motifs is 5. The van der Waals surface area contributed by atoms with E-state index in [2.05, 4.69) is 0 Å². The molecule has 2 bridgehead atoms. The van der Waals surface area contributed by atoms with E-state index in [1.54, 1.807) is 83.5 Å². The smallest absolute Gasteiger partial charge is 0.338 e. The summed E-state index contributed by atoms with van der Waals surface area (Å²) < 4.78 is 72.6. The van der Waals surface area contributed by atoms with Crippen LogP contribution >= 0.6 is 0 Å². The number of nitrogens with zero attached hydrogens (tertiary/aromatic N) is 2. The SMILES string of the molecule is CC[C@H]1OC(=O)[C@H](C)[C@@H](O[C@H]2C[C@@](C)(OC)[C@@H](OC(=O)c3ccccc3)[C@H](C)O2)[C@H](C)[C@@H](O[C@@H]2O[C@H](C)C[C@H](N(C)C)[C@H]2OC(=O)c2ccccc2)[C@@]2(C)C[C@@H](C)C(OC)=N[C@H](C)[C@H](OC/C=C/CO2)[C@]1(C)O. The summed E-state index contributed by atoms with van der Waals surface area (Å²) >= 11 is 0. The Balaban J connectivity index is 1.51. The number of carbonyl (C=O) groups excluding carboxylic acids is 3. The second-order valence-electron chi connectivity index (χ2n) is 21.2. The molecule has 0 saturated carbocycles. The number of likely N-dealkylation sites (N-methyl/N-ethyl adjacent to an activating group) is 1. The Morgan fingerprint density at radius 2 is 1.42 bits per heavy atom. The molecule has 4 heterocycles. The molecule has 2 fully saturated rings. The number of carbonyl (C=O) groups is 3. The summed E-state index contributed by atoms with van der Waals surface area (Å²) in [6.45, 7) is 18.6. The molecule has 1 N–H and O–H groups in total. The first-order valence-corrected chi connectivity index (χ1v) is 25.9. The lowest BCUT2D eigenvalue weighted by Gasteiger charge is -2.50. The van der Waals surface area contributed by atoms with Crippen LogP contribution in [0.15, 0.2) is 77.8 Å². The third kappa shape index (κ3) is 13.6. The number of aliphatic hydroxyl groups is 1. The average Bonchev–Trinajstić information content (AvgIpc) is 3.37. The lowest BCUT2D eigenvalue weighted by molar-refractivity contribution is -0.319. The lowest BCUT2D eigenvalue weighted by Crippen LogP contribution is -2.62. The summed E-state index contributed by atoms with van der Waals surface area (Å²) in [5, 5.41) is 12.5. The van der Waals surface area contributed by atoms with E-state index in [9.17, 15) is 14.7 Å². The highest BCUT2D eigenvalue weighted by Crippen LogP contribution is 2.43. The van der Waals surface area contributed by atoms with Gasteiger partial charge in [0, 0.05) is 25.4 Å². The highest BCUT2D eigenvalue weighted by Gasteiger charge is 2.55. The second kappa shape index (κ2) is 25.0. The van der Waals surface area contributed by atoms with Gasteiger partial charge in [-0.2, -0.15) is 0 Å². The van der Waals surface area contributed by atoms with Gasteiger partial charge >= 0.3 is 17.9 Å². The monoisotopic (exact) mass is 1020 g/mol. The molecule has 17 heteroatoms. The fourth-order valence-corrected chi connectivity index (χ4v) is 11.2. The van der Waals surface area contributed by atoms with Gasteiger partial charge in [0.15, 0.2) is 30.7 Å². The van der Waals surface area contributed by atoms with E-state index in [0.29, 0.717) is 23.4 Å². The Hall–Kier alpha value is -4.30. The molecule has 0 aliphatic carbocycles. The largest absolute Gasteiger partial charge is 0.484 e. The number of benzene rings is 2. The van der Waals surface area contributed by atoms with Crippen LogP contribution in [0.1, 0.15) is 116 Å². The zero-order chi connectivity index (χ0) is 53.4. The third-order valence-electron chi connectivity index (χ3n) is 15.2. The molecule has 2 saturated heterocycles. The van der Waals surface area contributed by atoms with Gasteiger partial charge in [0.05, 0.1) is 79.5 Å². The highest BCUT2D eigenvalue weighted by atomic mass is 16.7. The third-order valence-corrected chi connectivity index (χ3v) is 15.2. The van der Waals surface area contributed by atoms with Crippen molar-refractivity contribution in [3.63, 3.8) is 0 Å². The van der Waals surface area contributed by atoms with Gasteiger partial charge in [-0.25, -0.2) is 14.6 Å². The lowest BCUT2D eigenvalue weighted by atomic mass is 9.77. The van der Waals surface area contributed by atoms with Gasteiger partial charge in [-0.05, 0) is 106 Å². The van der Waals surface area contributed by atoms with Crippen LogP contribution in [-0.2, 0) is 56.9 Å². The predicted molar refractivity (Wildman–Crippen MR) is 272 cm³/mol. The van der Waals surface area contributed by atoms with E-state index >= 15 is 4.79 Å². The zero-order valence-corrected chi connectivity index (χ0v) is 45.4. The molecule has 0 spiro atoms. The number of hydrogen-bond donors (Lipinski definition) is 1. The van der Waals surface area contributed by atoms with Crippen LogP contribution in [0.3, 0.4) is 0 Å². The van der Waals surface area contributed by atoms with Crippen LogP contribution in [0, 0.1) is 17.8 Å². The first-order chi connectivity index (χ1) is 34.6. The van der Waals surface area contributed by atoms with Gasteiger partial charge in [-0.15, -0.1) is 0 Å². The molecule has 0 radical (unpaired) electrons. The summed E-state index contributed by atoms with van der Waals surface area (Å²) in [6.07, 6.45) is -4.44. The van der Waals surface area contributed by atoms with Crippen molar-refractivity contribution in [2.75, 3.05) is 41.5 Å². The van der Waals surface area contributed by atoms with Crippen molar-refractivity contribution in [3.8, 4) is 0 Å². The van der Waals surface area contributed by atoms with Gasteiger partial charge in [-0.3, -0.25) is 4.79 Å². The number of aliphatic imine (C=N–C) groups is 1. The second-order valence-corrected chi connectivity index (χ2v) is 21.2. The van der Waals surface area contributed by atoms with Crippen molar-refractivity contribution in [1.82, 2.24) is 4.90 Å². The van der Waals surface area contributed by atoms with Crippen molar-refractivity contribution in [2.45, 2.75) is 185 Å². The molecule has 4 aliphatic heterocycles. The van der Waals surface area contributed by atoms with E-state index in [0.717, 1.165) is 0 Å². The van der Waals surface area contributed by atoms with E-state index in [1.165, 1.54) is 0 Å². The van der Waals surface area contributed by atoms with Crippen molar-refractivity contribution in [2.24, 2.45) is 22.7 Å². The number of methoxy groups -OCH3 is 2. The van der Waals surface area contributed by atoms with Gasteiger partial charge in [-0.1, -0.05) is 69.3 Å². The Morgan fingerprint density at radius 3 is 2.01 bits per heavy atom. The Morgan fingerprint density at radius 1 is 0.808 bits per heavy atom. The maximum Gasteiger partial charge on any atom is 0.338 e. The molecule has 6 rings (SSSR count). The minimum absolute atomic E-state index is 0.0782. The van der Waals surface area contributed by atoms with Crippen molar-refractivity contribution in [1.29, 1.82) is 0 Å². The number of rotatable bonds is 11. The number of ether oxygens (including phenoxy) is 11. The summed E-state index contributed by atoms with van der Waals surface area (Å²) in [7, 11) is 6.95. The standard InChI is InChI=1S/C56H82N2O15/c1-15-42-56(10,62)47-37(6)57-49(63-13)33(2)31-55(9,66-29-23-22-28-65-47)46(73-53-45(41(58(11)12)30-34(3)67-53)71-51(60)39-24-18-16-19-25-39)35(4)44(36(5)50(59)69-42)70-43-32-54(8,64-14)48(38(7)68-43)72-52(61)40-26-20-17-21-27-40/h16-27,33-38,41-48,53,62H,15,28-32H2,1-14H3/b23-22+,57-49?/t33-,34-,35+,36-,37-,38+,41+,42-,43+,44+,45-,46-,47+,48+,53+,54-,55-,56-/m1/s1. The number of hydrogen-bond acceptors (Lipinski definition) is 17. The molecular weight excluding hydrogens is 941 g/mol. The summed E-state index contributed by atoms with van der Waals surface area (Å²) in [5.74, 6) is -3.64. The van der Waals surface area contributed by atoms with E-state index in [4.69, 9.17) is 57.1 Å². The molecular formula is C56H82N2O15. The summed E-state index contributed by atoms with van der Waals surface area (Å²) in [4.78, 5) is 49.6. The predicted octanol–water partition coefficient (Wildman–Crippen LogP) is 7.36. The van der Waals surface area contributed by atoms with Crippen molar-refractivity contribution >= 4 is 23.8 Å². The highest BCUT2D eigenvalue weighted by molar-refractivity contribution is 5.90. The van der Waals surface area contributed by atoms with E-state index in [-0.39, 0.29) is 44.6 Å². The van der Waals surface area contributed by atoms with Gasteiger partial charge in [0.25, 0.3) is 0 Å². The minimum Gasteiger partial charge on any atom is -0.484 e. The fraction of sp³-hybridized carbons (Fsp3) is 0.679. The maximum absolute atomic E-state index is 15.0. The van der Waals surface area contributed by atoms with E-state index < -0.39 is 114 Å². The van der Waals surface area contributed by atoms with E-state index in [1.807, 2.05) is 91.7 Å². The zero-order valence-electron chi connectivity index (χ0n) is 45.4. The maximum atomic E-state index is 15.0. The average molecular weight is 1020 g/mol. The summed E-state index contributed by atoms with van der Waals surface area (Å²) in [6, 6.07) is 16.4. The molecule has 0 amide bonds. The van der Waals surface area contributed by atoms with Crippen LogP contribution in [0.2, 0.25) is 0 Å². The Labute approximate surface area is 432 Å². The quantitative estimate of drug-likeness (QED) is 0.133. The topological polar surface area (TPSA) is 189 Å². The molecule has 0 unspecified atom stereocenters. The number of cyclic esters (lactones) is 1. The molecule has 0 aromatic heterocycles. The fourth-order valence-electron chi connectivity index (χ4n) is 11.2. The Kier molecular flexibility index (Phi) is 19.9. The van der Waals surface area contributed by atoms with Crippen LogP contribution in [0.4, 0.5) is 0 Å². The molecule has 73 heavy (non-hydrogen) atoms. The van der Waals surface area contributed by atoms with Crippen LogP contribution in [0.5, 0.6) is 0 Å². The van der Waals surface area contributed by atoms with Crippen LogP contribution < -0.4 is 0 Å². The van der Waals surface area contributed by atoms with Crippen LogP contribution in [0.25, 0.3) is 0 Å². The van der Waals surface area contributed by atoms with Gasteiger partial charge in [0.1, 0.15) is 23.4 Å². The van der Waals surface area contributed by atoms with Crippen molar-refractivity contribution < 1.29 is 71.6 Å². The molecule has 2 aromatic rings. The normalized spacial score (nSPS) is 39.5. The van der Waals surface area contributed by atoms with Crippen molar-refractivity contribution in [3.05, 3.63) is 83.9 Å². The molecule has 17 nitrogen and oxygen atoms in total. The van der Waals surface area contributed by atoms with Crippen LogP contribution in [-0.4, -0.2) is 166 Å². The minimum atomic E-state index is -1.75. The molecule has 4 aliphatic rings. The molecule has 18 atom stereocenters. The van der Waals surface area contributed by atoms with Gasteiger partial charge in [0.2, 0.25) is 0 Å². The molecule has 2 aromatic carbocycles. The first-order valence-electron chi connectivity index (χ1n) is 25.9.